The normalized spacial score (nSPS) is 15.8. The highest BCUT2D eigenvalue weighted by Crippen LogP contribution is 2.26. The van der Waals surface area contributed by atoms with Crippen LogP contribution in [0.5, 0.6) is 0 Å². The van der Waals surface area contributed by atoms with Gasteiger partial charge in [0.05, 0.1) is 6.54 Å². The fraction of sp³-hybridized carbons (Fsp3) is 0.263. The molecule has 2 N–H and O–H groups in total. The van der Waals surface area contributed by atoms with E-state index in [1.807, 2.05) is 6.07 Å². The lowest BCUT2D eigenvalue weighted by molar-refractivity contribution is -0.121. The van der Waals surface area contributed by atoms with Gasteiger partial charge in [0, 0.05) is 32.2 Å². The zero-order chi connectivity index (χ0) is 19.0. The van der Waals surface area contributed by atoms with Crippen LogP contribution < -0.4 is 10.6 Å². The summed E-state index contributed by atoms with van der Waals surface area (Å²) in [5.74, 6) is 0.102. The van der Waals surface area contributed by atoms with Crippen molar-refractivity contribution >= 4 is 34.2 Å². The number of rotatable bonds is 4. The minimum atomic E-state index is -3.69. The van der Waals surface area contributed by atoms with Gasteiger partial charge in [-0.1, -0.05) is 30.3 Å². The van der Waals surface area contributed by atoms with Crippen molar-refractivity contribution in [3.8, 4) is 0 Å². The molecule has 0 saturated carbocycles. The largest absolute Gasteiger partial charge is 0.350 e. The minimum Gasteiger partial charge on any atom is -0.350 e. The number of hydrogen-bond acceptors (Lipinski definition) is 5. The summed E-state index contributed by atoms with van der Waals surface area (Å²) >= 11 is 0. The van der Waals surface area contributed by atoms with Crippen LogP contribution in [0.2, 0.25) is 0 Å². The summed E-state index contributed by atoms with van der Waals surface area (Å²) in [5, 5.41) is 6.18. The second kappa shape index (κ2) is 7.90. The van der Waals surface area contributed by atoms with E-state index in [2.05, 4.69) is 27.2 Å². The number of amides is 1. The lowest BCUT2D eigenvalue weighted by atomic mass is 10.1. The third-order valence-electron chi connectivity index (χ3n) is 4.75. The molecule has 0 radical (unpaired) electrons. The number of hydrogen-bond donors (Lipinski definition) is 2. The Bertz CT molecular complexity index is 1050. The highest BCUT2D eigenvalue weighted by Gasteiger charge is 2.30. The molecule has 148 valence electrons. The van der Waals surface area contributed by atoms with E-state index in [9.17, 15) is 13.2 Å². The SMILES string of the molecule is CN(CC(=O)NCc1ccc2c(c1)CNC2)C1=NS(=O)(=O)c2ccccc21.Cl. The number of amidine groups is 1. The molecule has 2 aliphatic heterocycles. The molecule has 0 spiro atoms. The fourth-order valence-electron chi connectivity index (χ4n) is 3.37. The van der Waals surface area contributed by atoms with Crippen LogP contribution in [0.1, 0.15) is 22.3 Å². The van der Waals surface area contributed by atoms with Gasteiger partial charge in [0.25, 0.3) is 10.0 Å². The van der Waals surface area contributed by atoms with Crippen molar-refractivity contribution < 1.29 is 13.2 Å². The number of benzene rings is 2. The highest BCUT2D eigenvalue weighted by atomic mass is 35.5. The third-order valence-corrected chi connectivity index (χ3v) is 6.07. The lowest BCUT2D eigenvalue weighted by Crippen LogP contribution is -2.38. The molecule has 0 fully saturated rings. The Morgan fingerprint density at radius 3 is 2.75 bits per heavy atom. The second-order valence-corrected chi connectivity index (χ2v) is 8.30. The maximum Gasteiger partial charge on any atom is 0.285 e. The van der Waals surface area contributed by atoms with E-state index in [-0.39, 0.29) is 29.8 Å². The van der Waals surface area contributed by atoms with Crippen LogP contribution in [-0.2, 0) is 34.5 Å². The van der Waals surface area contributed by atoms with Crippen LogP contribution in [0, 0.1) is 0 Å². The number of nitrogens with one attached hydrogen (secondary N) is 2. The topological polar surface area (TPSA) is 90.9 Å². The van der Waals surface area contributed by atoms with Crippen LogP contribution in [-0.4, -0.2) is 38.7 Å². The summed E-state index contributed by atoms with van der Waals surface area (Å²) in [6.07, 6.45) is 0. The minimum absolute atomic E-state index is 0. The molecular formula is C19H21ClN4O3S. The molecule has 2 aromatic carbocycles. The molecule has 0 atom stereocenters. The second-order valence-electron chi connectivity index (χ2n) is 6.73. The van der Waals surface area contributed by atoms with E-state index < -0.39 is 10.0 Å². The van der Waals surface area contributed by atoms with Crippen molar-refractivity contribution in [2.75, 3.05) is 13.6 Å². The Morgan fingerprint density at radius 1 is 1.18 bits per heavy atom. The molecule has 28 heavy (non-hydrogen) atoms. The number of likely N-dealkylation sites (N-methyl/N-ethyl adjacent to an activating group) is 1. The summed E-state index contributed by atoms with van der Waals surface area (Å²) in [7, 11) is -2.02. The summed E-state index contributed by atoms with van der Waals surface area (Å²) < 4.78 is 28.1. The van der Waals surface area contributed by atoms with E-state index in [0.717, 1.165) is 18.7 Å². The van der Waals surface area contributed by atoms with Gasteiger partial charge in [-0.15, -0.1) is 16.8 Å². The van der Waals surface area contributed by atoms with E-state index in [0.29, 0.717) is 17.9 Å². The quantitative estimate of drug-likeness (QED) is 0.780. The van der Waals surface area contributed by atoms with Crippen molar-refractivity contribution in [1.82, 2.24) is 15.5 Å². The Balaban J connectivity index is 0.00000225. The van der Waals surface area contributed by atoms with Crippen molar-refractivity contribution in [2.24, 2.45) is 4.40 Å². The standard InChI is InChI=1S/C19H20N4O3S.ClH/c1-23(19-16-4-2-3-5-17(16)27(25,26)22-19)12-18(24)21-9-13-6-7-14-10-20-11-15(14)8-13;/h2-8,20H,9-12H2,1H3,(H,21,24);1H. The first-order chi connectivity index (χ1) is 12.9. The fourth-order valence-corrected chi connectivity index (χ4v) is 4.62. The summed E-state index contributed by atoms with van der Waals surface area (Å²) in [4.78, 5) is 14.1. The first-order valence-corrected chi connectivity index (χ1v) is 10.1. The van der Waals surface area contributed by atoms with Gasteiger partial charge in [-0.25, -0.2) is 0 Å². The van der Waals surface area contributed by atoms with Gasteiger partial charge in [-0.05, 0) is 28.8 Å². The predicted molar refractivity (Wildman–Crippen MR) is 109 cm³/mol. The van der Waals surface area contributed by atoms with Crippen molar-refractivity contribution in [2.45, 2.75) is 24.5 Å². The van der Waals surface area contributed by atoms with Crippen LogP contribution >= 0.6 is 12.4 Å². The van der Waals surface area contributed by atoms with E-state index in [1.165, 1.54) is 17.2 Å². The average Bonchev–Trinajstić information content (AvgIpc) is 3.22. The monoisotopic (exact) mass is 420 g/mol. The Morgan fingerprint density at radius 2 is 1.93 bits per heavy atom. The van der Waals surface area contributed by atoms with E-state index in [4.69, 9.17) is 0 Å². The highest BCUT2D eigenvalue weighted by molar-refractivity contribution is 7.90. The van der Waals surface area contributed by atoms with Crippen molar-refractivity contribution in [3.63, 3.8) is 0 Å². The average molecular weight is 421 g/mol. The zero-order valence-electron chi connectivity index (χ0n) is 15.3. The number of carbonyl (C=O) groups excluding carboxylic acids is 1. The summed E-state index contributed by atoms with van der Waals surface area (Å²) in [6, 6.07) is 12.8. The molecule has 2 heterocycles. The predicted octanol–water partition coefficient (Wildman–Crippen LogP) is 1.41. The Kier molecular flexibility index (Phi) is 5.74. The molecule has 4 rings (SSSR count). The van der Waals surface area contributed by atoms with Gasteiger partial charge in [-0.2, -0.15) is 8.42 Å². The van der Waals surface area contributed by atoms with E-state index >= 15 is 0 Å². The van der Waals surface area contributed by atoms with Gasteiger partial charge in [-0.3, -0.25) is 4.79 Å². The molecule has 0 bridgehead atoms. The van der Waals surface area contributed by atoms with E-state index in [1.54, 1.807) is 30.1 Å². The van der Waals surface area contributed by atoms with Gasteiger partial charge in [0.15, 0.2) is 5.84 Å². The number of nitrogens with zero attached hydrogens (tertiary/aromatic N) is 2. The number of fused-ring (bicyclic) bond motifs is 2. The third kappa shape index (κ3) is 3.89. The maximum atomic E-state index is 12.3. The summed E-state index contributed by atoms with van der Waals surface area (Å²) in [6.45, 7) is 2.20. The first-order valence-electron chi connectivity index (χ1n) is 8.68. The van der Waals surface area contributed by atoms with Crippen LogP contribution in [0.3, 0.4) is 0 Å². The van der Waals surface area contributed by atoms with Gasteiger partial charge < -0.3 is 15.5 Å². The Hall–Kier alpha value is -2.42. The van der Waals surface area contributed by atoms with Gasteiger partial charge in [0.2, 0.25) is 5.91 Å². The van der Waals surface area contributed by atoms with Crippen LogP contribution in [0.15, 0.2) is 51.8 Å². The molecule has 2 aliphatic rings. The molecule has 2 aromatic rings. The van der Waals surface area contributed by atoms with Crippen LogP contribution in [0.4, 0.5) is 0 Å². The summed E-state index contributed by atoms with van der Waals surface area (Å²) in [5.41, 5.74) is 4.13. The number of halogens is 1. The molecule has 1 amide bonds. The molecule has 0 aliphatic carbocycles. The Labute approximate surface area is 170 Å². The van der Waals surface area contributed by atoms with Crippen LogP contribution in [0.25, 0.3) is 0 Å². The van der Waals surface area contributed by atoms with Gasteiger partial charge >= 0.3 is 0 Å². The molecule has 0 unspecified atom stereocenters. The number of sulfonamides is 1. The van der Waals surface area contributed by atoms with Gasteiger partial charge in [0.1, 0.15) is 4.90 Å². The number of carbonyl (C=O) groups is 1. The molecular weight excluding hydrogens is 400 g/mol. The molecule has 9 heteroatoms. The first kappa shape index (κ1) is 20.3. The molecule has 0 aromatic heterocycles. The smallest absolute Gasteiger partial charge is 0.285 e. The van der Waals surface area contributed by atoms with Crippen molar-refractivity contribution in [3.05, 3.63) is 64.7 Å². The molecule has 0 saturated heterocycles. The lowest BCUT2D eigenvalue weighted by Gasteiger charge is -2.18. The molecule has 7 nitrogen and oxygen atoms in total. The maximum absolute atomic E-state index is 12.3. The van der Waals surface area contributed by atoms with Crippen molar-refractivity contribution in [1.29, 1.82) is 0 Å². The zero-order valence-corrected chi connectivity index (χ0v) is 16.9.